The summed E-state index contributed by atoms with van der Waals surface area (Å²) in [6.07, 6.45) is 8.68. The van der Waals surface area contributed by atoms with Gasteiger partial charge >= 0.3 is 0 Å². The molecule has 1 amide bonds. The van der Waals surface area contributed by atoms with Crippen molar-refractivity contribution in [1.29, 1.82) is 0 Å². The fourth-order valence-corrected chi connectivity index (χ4v) is 3.52. The molecule has 1 aromatic heterocycles. The largest absolute Gasteiger partial charge is 0.378 e. The lowest BCUT2D eigenvalue weighted by Gasteiger charge is -2.34. The first-order chi connectivity index (χ1) is 11.3. The van der Waals surface area contributed by atoms with Gasteiger partial charge in [-0.3, -0.25) is 9.69 Å². The van der Waals surface area contributed by atoms with E-state index in [-0.39, 0.29) is 11.9 Å². The van der Waals surface area contributed by atoms with Gasteiger partial charge in [-0.2, -0.15) is 0 Å². The highest BCUT2D eigenvalue weighted by Gasteiger charge is 2.35. The number of ether oxygens (including phenoxy) is 1. The van der Waals surface area contributed by atoms with Gasteiger partial charge in [-0.1, -0.05) is 19.8 Å². The zero-order chi connectivity index (χ0) is 16.1. The van der Waals surface area contributed by atoms with Gasteiger partial charge in [0, 0.05) is 6.20 Å². The number of hydrogen-bond acceptors (Lipinski definition) is 5. The van der Waals surface area contributed by atoms with Crippen LogP contribution in [-0.4, -0.2) is 59.2 Å². The van der Waals surface area contributed by atoms with E-state index in [2.05, 4.69) is 27.1 Å². The van der Waals surface area contributed by atoms with E-state index < -0.39 is 0 Å². The monoisotopic (exact) mass is 318 g/mol. The molecule has 2 atom stereocenters. The quantitative estimate of drug-likeness (QED) is 0.889. The van der Waals surface area contributed by atoms with Crippen molar-refractivity contribution >= 4 is 5.91 Å². The fraction of sp³-hybridized carbons (Fsp3) is 0.706. The summed E-state index contributed by atoms with van der Waals surface area (Å²) in [6.45, 7) is 5.59. The van der Waals surface area contributed by atoms with Gasteiger partial charge in [-0.25, -0.2) is 9.97 Å². The van der Waals surface area contributed by atoms with Crippen LogP contribution in [0, 0.1) is 0 Å². The van der Waals surface area contributed by atoms with Crippen LogP contribution in [0.2, 0.25) is 0 Å². The van der Waals surface area contributed by atoms with Crippen molar-refractivity contribution in [2.45, 2.75) is 51.1 Å². The molecule has 23 heavy (non-hydrogen) atoms. The number of amides is 1. The Hall–Kier alpha value is -1.53. The standard InChI is InChI=1S/C17H26N4O2/c1-2-6-14-13(9-18-12-19-14)17(22)20-15-10-23-11-16(15)21-7-4-3-5-8-21/h9,12,15-16H,2-8,10-11H2,1H3,(H,20,22)/t15-,16-/m0/s1. The Bertz CT molecular complexity index is 531. The maximum atomic E-state index is 12.7. The third-order valence-corrected chi connectivity index (χ3v) is 4.75. The Morgan fingerprint density at radius 1 is 1.35 bits per heavy atom. The van der Waals surface area contributed by atoms with Gasteiger partial charge in [0.1, 0.15) is 6.33 Å². The van der Waals surface area contributed by atoms with Gasteiger partial charge in [0.15, 0.2) is 0 Å². The number of nitrogens with one attached hydrogen (secondary N) is 1. The van der Waals surface area contributed by atoms with Gasteiger partial charge in [-0.15, -0.1) is 0 Å². The van der Waals surface area contributed by atoms with E-state index in [1.54, 1.807) is 6.20 Å². The molecule has 3 heterocycles. The van der Waals surface area contributed by atoms with Crippen molar-refractivity contribution in [3.05, 3.63) is 23.8 Å². The highest BCUT2D eigenvalue weighted by atomic mass is 16.5. The number of hydrogen-bond donors (Lipinski definition) is 1. The molecule has 0 bridgehead atoms. The lowest BCUT2D eigenvalue weighted by atomic mass is 10.0. The molecule has 2 fully saturated rings. The second kappa shape index (κ2) is 7.84. The summed E-state index contributed by atoms with van der Waals surface area (Å²) in [5.74, 6) is -0.0773. The van der Waals surface area contributed by atoms with Crippen LogP contribution in [-0.2, 0) is 11.2 Å². The maximum absolute atomic E-state index is 12.7. The molecule has 6 nitrogen and oxygen atoms in total. The number of aryl methyl sites for hydroxylation is 1. The molecule has 0 spiro atoms. The lowest BCUT2D eigenvalue weighted by Crippen LogP contribution is -2.52. The SMILES string of the molecule is CCCc1ncncc1C(=O)N[C@H]1COC[C@@H]1N1CCCCC1. The van der Waals surface area contributed by atoms with E-state index in [1.165, 1.54) is 25.6 Å². The number of piperidine rings is 1. The Balaban J connectivity index is 1.67. The number of nitrogens with zero attached hydrogens (tertiary/aromatic N) is 3. The van der Waals surface area contributed by atoms with Gasteiger partial charge in [0.25, 0.3) is 5.91 Å². The molecular formula is C17H26N4O2. The average molecular weight is 318 g/mol. The smallest absolute Gasteiger partial charge is 0.255 e. The summed E-state index contributed by atoms with van der Waals surface area (Å²) in [7, 11) is 0. The van der Waals surface area contributed by atoms with Gasteiger partial charge in [-0.05, 0) is 32.4 Å². The number of aromatic nitrogens is 2. The molecule has 126 valence electrons. The third-order valence-electron chi connectivity index (χ3n) is 4.75. The van der Waals surface area contributed by atoms with E-state index in [0.717, 1.165) is 31.6 Å². The van der Waals surface area contributed by atoms with Crippen LogP contribution in [0.5, 0.6) is 0 Å². The Labute approximate surface area is 137 Å². The fourth-order valence-electron chi connectivity index (χ4n) is 3.52. The molecule has 0 radical (unpaired) electrons. The summed E-state index contributed by atoms with van der Waals surface area (Å²) in [5, 5.41) is 3.16. The molecule has 1 N–H and O–H groups in total. The van der Waals surface area contributed by atoms with Crippen molar-refractivity contribution in [1.82, 2.24) is 20.2 Å². The number of carbonyl (C=O) groups is 1. The third kappa shape index (κ3) is 3.87. The molecule has 0 unspecified atom stereocenters. The highest BCUT2D eigenvalue weighted by Crippen LogP contribution is 2.19. The van der Waals surface area contributed by atoms with Crippen molar-refractivity contribution in [3.8, 4) is 0 Å². The molecule has 2 saturated heterocycles. The van der Waals surface area contributed by atoms with Crippen LogP contribution >= 0.6 is 0 Å². The van der Waals surface area contributed by atoms with Crippen LogP contribution < -0.4 is 5.32 Å². The summed E-state index contributed by atoms with van der Waals surface area (Å²) in [6, 6.07) is 0.341. The van der Waals surface area contributed by atoms with Crippen LogP contribution in [0.15, 0.2) is 12.5 Å². The van der Waals surface area contributed by atoms with Crippen LogP contribution in [0.4, 0.5) is 0 Å². The van der Waals surface area contributed by atoms with E-state index in [9.17, 15) is 4.79 Å². The topological polar surface area (TPSA) is 67.3 Å². The van der Waals surface area contributed by atoms with Crippen molar-refractivity contribution in [2.24, 2.45) is 0 Å². The minimum atomic E-state index is -0.0773. The normalized spacial score (nSPS) is 25.4. The first kappa shape index (κ1) is 16.3. The Morgan fingerprint density at radius 3 is 2.96 bits per heavy atom. The molecule has 0 aliphatic carbocycles. The minimum Gasteiger partial charge on any atom is -0.378 e. The maximum Gasteiger partial charge on any atom is 0.255 e. The zero-order valence-electron chi connectivity index (χ0n) is 13.8. The molecule has 0 aromatic carbocycles. The van der Waals surface area contributed by atoms with Crippen LogP contribution in [0.3, 0.4) is 0 Å². The summed E-state index contributed by atoms with van der Waals surface area (Å²) >= 11 is 0. The number of carbonyl (C=O) groups excluding carboxylic acids is 1. The molecule has 1 aromatic rings. The second-order valence-corrected chi connectivity index (χ2v) is 6.41. The number of rotatable bonds is 5. The first-order valence-corrected chi connectivity index (χ1v) is 8.71. The predicted octanol–water partition coefficient (Wildman–Crippen LogP) is 1.41. The summed E-state index contributed by atoms with van der Waals surface area (Å²) in [4.78, 5) is 23.4. The minimum absolute atomic E-state index is 0.0512. The molecule has 2 aliphatic heterocycles. The summed E-state index contributed by atoms with van der Waals surface area (Å²) < 4.78 is 5.65. The van der Waals surface area contributed by atoms with Crippen molar-refractivity contribution in [2.75, 3.05) is 26.3 Å². The average Bonchev–Trinajstić information content (AvgIpc) is 3.04. The van der Waals surface area contributed by atoms with Crippen molar-refractivity contribution < 1.29 is 9.53 Å². The highest BCUT2D eigenvalue weighted by molar-refractivity contribution is 5.95. The van der Waals surface area contributed by atoms with Gasteiger partial charge in [0.05, 0.1) is 36.6 Å². The molecule has 0 saturated carbocycles. The second-order valence-electron chi connectivity index (χ2n) is 6.41. The lowest BCUT2D eigenvalue weighted by molar-refractivity contribution is 0.0898. The van der Waals surface area contributed by atoms with Crippen LogP contribution in [0.25, 0.3) is 0 Å². The van der Waals surface area contributed by atoms with E-state index in [0.29, 0.717) is 24.8 Å². The summed E-state index contributed by atoms with van der Waals surface area (Å²) in [5.41, 5.74) is 1.42. The zero-order valence-corrected chi connectivity index (χ0v) is 13.8. The number of likely N-dealkylation sites (tertiary alicyclic amines) is 1. The first-order valence-electron chi connectivity index (χ1n) is 8.71. The Kier molecular flexibility index (Phi) is 5.56. The van der Waals surface area contributed by atoms with Crippen molar-refractivity contribution in [3.63, 3.8) is 0 Å². The van der Waals surface area contributed by atoms with Gasteiger partial charge < -0.3 is 10.1 Å². The van der Waals surface area contributed by atoms with E-state index in [1.807, 2.05) is 0 Å². The molecule has 2 aliphatic rings. The van der Waals surface area contributed by atoms with E-state index in [4.69, 9.17) is 4.74 Å². The predicted molar refractivity (Wildman–Crippen MR) is 87.3 cm³/mol. The molecular weight excluding hydrogens is 292 g/mol. The molecule has 6 heteroatoms. The Morgan fingerprint density at radius 2 is 2.17 bits per heavy atom. The van der Waals surface area contributed by atoms with Crippen LogP contribution in [0.1, 0.15) is 48.7 Å². The van der Waals surface area contributed by atoms with Gasteiger partial charge in [0.2, 0.25) is 0 Å². The van der Waals surface area contributed by atoms with E-state index >= 15 is 0 Å². The molecule has 3 rings (SSSR count).